The van der Waals surface area contributed by atoms with Crippen molar-refractivity contribution in [2.45, 2.75) is 30.2 Å². The van der Waals surface area contributed by atoms with Gasteiger partial charge in [-0.3, -0.25) is 9.79 Å². The van der Waals surface area contributed by atoms with Crippen LogP contribution in [0.3, 0.4) is 0 Å². The Kier molecular flexibility index (Phi) is 4.78. The summed E-state index contributed by atoms with van der Waals surface area (Å²) < 4.78 is 50.6. The normalized spacial score (nSPS) is 30.5. The molecule has 10 heteroatoms. The van der Waals surface area contributed by atoms with E-state index in [9.17, 15) is 13.6 Å². The lowest BCUT2D eigenvalue weighted by atomic mass is 9.70. The van der Waals surface area contributed by atoms with Gasteiger partial charge in [0.1, 0.15) is 17.3 Å². The number of hydrogen-bond donors (Lipinski definition) is 2. The van der Waals surface area contributed by atoms with Crippen LogP contribution in [0.4, 0.5) is 18.9 Å². The summed E-state index contributed by atoms with van der Waals surface area (Å²) in [5.74, 6) is -1.77. The molecule has 2 aliphatic rings. The summed E-state index contributed by atoms with van der Waals surface area (Å²) in [7, 11) is 0. The van der Waals surface area contributed by atoms with Crippen LogP contribution in [0.15, 0.2) is 41.5 Å². The van der Waals surface area contributed by atoms with Gasteiger partial charge in [-0.1, -0.05) is 11.6 Å². The van der Waals surface area contributed by atoms with Crippen molar-refractivity contribution in [2.75, 3.05) is 18.5 Å². The molecule has 0 aliphatic carbocycles. The van der Waals surface area contributed by atoms with E-state index in [1.165, 1.54) is 30.5 Å². The number of anilines is 1. The van der Waals surface area contributed by atoms with Crippen molar-refractivity contribution in [2.24, 2.45) is 10.7 Å². The number of rotatable bonds is 3. The molecule has 3 N–H and O–H groups in total. The van der Waals surface area contributed by atoms with Crippen LogP contribution in [0.25, 0.3) is 0 Å². The van der Waals surface area contributed by atoms with E-state index in [1.54, 1.807) is 0 Å². The first-order chi connectivity index (χ1) is 14.1. The number of ether oxygens (including phenoxy) is 1. The van der Waals surface area contributed by atoms with Crippen LogP contribution in [0.1, 0.15) is 29.4 Å². The maximum atomic E-state index is 15.8. The number of aromatic nitrogens is 1. The number of carbonyl (C=O) groups is 1. The molecule has 1 saturated heterocycles. The van der Waals surface area contributed by atoms with E-state index in [4.69, 9.17) is 22.1 Å². The lowest BCUT2D eigenvalue weighted by molar-refractivity contribution is 0.0234. The summed E-state index contributed by atoms with van der Waals surface area (Å²) in [5.41, 5.74) is -0.512. The molecule has 2 aliphatic heterocycles. The van der Waals surface area contributed by atoms with Gasteiger partial charge >= 0.3 is 0 Å². The molecule has 3 heterocycles. The highest BCUT2D eigenvalue weighted by atomic mass is 35.5. The zero-order chi connectivity index (χ0) is 21.7. The highest BCUT2D eigenvalue weighted by molar-refractivity contribution is 6.30. The lowest BCUT2D eigenvalue weighted by Gasteiger charge is -2.43. The zero-order valence-electron chi connectivity index (χ0n) is 15.9. The Morgan fingerprint density at radius 3 is 2.73 bits per heavy atom. The minimum atomic E-state index is -2.30. The fourth-order valence-electron chi connectivity index (χ4n) is 3.88. The maximum absolute atomic E-state index is 15.8. The van der Waals surface area contributed by atoms with Gasteiger partial charge in [0.05, 0.1) is 18.2 Å². The van der Waals surface area contributed by atoms with E-state index >= 15 is 4.39 Å². The number of pyridine rings is 1. The first-order valence-corrected chi connectivity index (χ1v) is 9.48. The van der Waals surface area contributed by atoms with E-state index in [1.807, 2.05) is 0 Å². The van der Waals surface area contributed by atoms with Crippen LogP contribution in [0.2, 0.25) is 5.02 Å². The van der Waals surface area contributed by atoms with Gasteiger partial charge in [-0.25, -0.2) is 18.2 Å². The van der Waals surface area contributed by atoms with Crippen molar-refractivity contribution < 1.29 is 22.7 Å². The summed E-state index contributed by atoms with van der Waals surface area (Å²) >= 11 is 5.76. The number of benzene rings is 1. The molecule has 1 fully saturated rings. The van der Waals surface area contributed by atoms with Crippen LogP contribution in [0, 0.1) is 5.82 Å². The molecule has 1 amide bonds. The van der Waals surface area contributed by atoms with Crippen LogP contribution in [-0.2, 0) is 10.3 Å². The smallest absolute Gasteiger partial charge is 0.274 e. The molecule has 6 nitrogen and oxygen atoms in total. The lowest BCUT2D eigenvalue weighted by Crippen LogP contribution is -2.58. The highest BCUT2D eigenvalue weighted by Gasteiger charge is 2.65. The van der Waals surface area contributed by atoms with Gasteiger partial charge in [0, 0.05) is 23.9 Å². The predicted octanol–water partition coefficient (Wildman–Crippen LogP) is 3.55. The van der Waals surface area contributed by atoms with Gasteiger partial charge in [-0.2, -0.15) is 0 Å². The summed E-state index contributed by atoms with van der Waals surface area (Å²) in [4.78, 5) is 20.4. The van der Waals surface area contributed by atoms with E-state index < -0.39 is 47.5 Å². The Morgan fingerprint density at radius 1 is 1.27 bits per heavy atom. The molecule has 0 spiro atoms. The number of nitrogens with two attached hydrogens (primary N) is 1. The van der Waals surface area contributed by atoms with Crippen molar-refractivity contribution in [1.82, 2.24) is 4.98 Å². The summed E-state index contributed by atoms with van der Waals surface area (Å²) in [5, 5.41) is 2.94. The molecule has 0 saturated carbocycles. The van der Waals surface area contributed by atoms with E-state index in [2.05, 4.69) is 15.3 Å². The third kappa shape index (κ3) is 3.22. The van der Waals surface area contributed by atoms with Gasteiger partial charge < -0.3 is 15.8 Å². The van der Waals surface area contributed by atoms with Crippen molar-refractivity contribution in [3.8, 4) is 0 Å². The molecule has 4 rings (SSSR count). The van der Waals surface area contributed by atoms with Crippen LogP contribution in [-0.4, -0.2) is 41.3 Å². The second-order valence-electron chi connectivity index (χ2n) is 7.70. The largest absolute Gasteiger partial charge is 0.385 e. The predicted molar refractivity (Wildman–Crippen MR) is 106 cm³/mol. The van der Waals surface area contributed by atoms with Crippen molar-refractivity contribution in [1.29, 1.82) is 0 Å². The molecule has 1 aromatic carbocycles. The first kappa shape index (κ1) is 20.6. The fraction of sp³-hybridized carbons (Fsp3) is 0.350. The fourth-order valence-corrected chi connectivity index (χ4v) is 3.99. The number of aliphatic imine (C=N–C) groups is 1. The average Bonchev–Trinajstić information content (AvgIpc) is 2.99. The monoisotopic (exact) mass is 438 g/mol. The van der Waals surface area contributed by atoms with Crippen molar-refractivity contribution in [3.63, 3.8) is 0 Å². The topological polar surface area (TPSA) is 89.6 Å². The maximum Gasteiger partial charge on any atom is 0.274 e. The third-order valence-electron chi connectivity index (χ3n) is 5.47. The Morgan fingerprint density at radius 2 is 2.03 bits per heavy atom. The first-order valence-electron chi connectivity index (χ1n) is 9.11. The van der Waals surface area contributed by atoms with E-state index in [0.717, 1.165) is 13.0 Å². The van der Waals surface area contributed by atoms with Gasteiger partial charge in [-0.05, 0) is 37.3 Å². The van der Waals surface area contributed by atoms with Crippen LogP contribution >= 0.6 is 11.6 Å². The highest BCUT2D eigenvalue weighted by Crippen LogP contribution is 2.53. The average molecular weight is 439 g/mol. The zero-order valence-corrected chi connectivity index (χ0v) is 16.6. The van der Waals surface area contributed by atoms with Gasteiger partial charge in [-0.15, -0.1) is 0 Å². The molecule has 0 unspecified atom stereocenters. The Labute approximate surface area is 175 Å². The second kappa shape index (κ2) is 6.95. The Hall–Kier alpha value is -2.65. The standard InChI is InChI=1S/C20H18ClF3N4O2/c1-18(23)8-19(24)9-30-10-20(19,28-17(18)25)13-6-12(3-4-14(13)22)27-16(29)15-5-2-11(21)7-26-15/h2-7H,8-10H2,1H3,(H2,25,28)(H,27,29)/t18-,19-,20+/m0/s1. The van der Waals surface area contributed by atoms with Crippen LogP contribution < -0.4 is 11.1 Å². The van der Waals surface area contributed by atoms with Gasteiger partial charge in [0.15, 0.2) is 16.9 Å². The quantitative estimate of drug-likeness (QED) is 0.767. The number of nitrogens with zero attached hydrogens (tertiary/aromatic N) is 2. The third-order valence-corrected chi connectivity index (χ3v) is 5.69. The van der Waals surface area contributed by atoms with Crippen LogP contribution in [0.5, 0.6) is 0 Å². The molecule has 0 bridgehead atoms. The number of amidine groups is 1. The minimum absolute atomic E-state index is 0.0839. The number of halogens is 4. The number of alkyl halides is 2. The SMILES string of the molecule is C[C@]1(F)C[C@]2(F)COC[C@]2(c2cc(NC(=O)c3ccc(Cl)cn3)ccc2F)N=C1N. The number of amides is 1. The minimum Gasteiger partial charge on any atom is -0.385 e. The Bertz CT molecular complexity index is 1050. The molecule has 158 valence electrons. The molecule has 30 heavy (non-hydrogen) atoms. The number of nitrogens with one attached hydrogen (secondary N) is 1. The molecule has 0 radical (unpaired) electrons. The number of hydrogen-bond acceptors (Lipinski definition) is 5. The molecule has 2 aromatic rings. The summed E-state index contributed by atoms with van der Waals surface area (Å²) in [6, 6.07) is 6.56. The van der Waals surface area contributed by atoms with E-state index in [0.29, 0.717) is 5.02 Å². The molecular formula is C20H18ClF3N4O2. The number of carbonyl (C=O) groups excluding carboxylic acids is 1. The number of fused-ring (bicyclic) bond motifs is 1. The summed E-state index contributed by atoms with van der Waals surface area (Å²) in [6.45, 7) is 0.364. The van der Waals surface area contributed by atoms with Crippen molar-refractivity contribution >= 4 is 29.0 Å². The van der Waals surface area contributed by atoms with Gasteiger partial charge in [0.2, 0.25) is 0 Å². The molecule has 3 atom stereocenters. The second-order valence-corrected chi connectivity index (χ2v) is 8.14. The van der Waals surface area contributed by atoms with E-state index in [-0.39, 0.29) is 23.6 Å². The Balaban J connectivity index is 1.74. The van der Waals surface area contributed by atoms with Gasteiger partial charge in [0.25, 0.3) is 5.91 Å². The van der Waals surface area contributed by atoms with Crippen molar-refractivity contribution in [3.05, 3.63) is 58.6 Å². The molecule has 1 aromatic heterocycles. The molecular weight excluding hydrogens is 421 g/mol. The summed E-state index contributed by atoms with van der Waals surface area (Å²) in [6.07, 6.45) is 0.687.